The van der Waals surface area contributed by atoms with E-state index < -0.39 is 39.3 Å². The van der Waals surface area contributed by atoms with Crippen molar-refractivity contribution in [1.82, 2.24) is 10.2 Å². The summed E-state index contributed by atoms with van der Waals surface area (Å²) in [6.07, 6.45) is 0.673. The molecule has 3 aromatic rings. The fraction of sp³-hybridized carbons (Fsp3) is 0.286. The number of hydrogen-bond acceptors (Lipinski definition) is 6. The zero-order valence-corrected chi connectivity index (χ0v) is 23.9. The van der Waals surface area contributed by atoms with Gasteiger partial charge in [-0.05, 0) is 50.1 Å². The second-order valence-electron chi connectivity index (χ2n) is 9.21. The summed E-state index contributed by atoms with van der Waals surface area (Å²) in [6, 6.07) is 18.2. The van der Waals surface area contributed by atoms with E-state index in [1.165, 1.54) is 47.4 Å². The molecule has 1 N–H and O–H groups in total. The second-order valence-corrected chi connectivity index (χ2v) is 11.5. The number of carbonyl (C=O) groups excluding carboxylic acids is 2. The minimum absolute atomic E-state index is 0.0677. The summed E-state index contributed by atoms with van der Waals surface area (Å²) >= 11 is 6.36. The first kappa shape index (κ1) is 30.6. The third-order valence-electron chi connectivity index (χ3n) is 6.41. The lowest BCUT2D eigenvalue weighted by molar-refractivity contribution is -0.384. The molecular formula is C28H31ClN4O6S. The Morgan fingerprint density at radius 2 is 1.65 bits per heavy atom. The van der Waals surface area contributed by atoms with E-state index in [0.717, 1.165) is 10.4 Å². The van der Waals surface area contributed by atoms with Crippen molar-refractivity contribution in [3.63, 3.8) is 0 Å². The number of nitrogens with one attached hydrogen (secondary N) is 1. The SMILES string of the molecule is CC[C@@H](C)NC(=O)[C@H](C)N(Cc1ccccc1Cl)C(=O)CN(c1cccc([N+](=O)[O-])c1)S(=O)(=O)c1ccccc1. The molecule has 12 heteroatoms. The van der Waals surface area contributed by atoms with Crippen molar-refractivity contribution in [2.75, 3.05) is 10.8 Å². The van der Waals surface area contributed by atoms with Crippen LogP contribution in [0.2, 0.25) is 5.02 Å². The molecule has 2 amide bonds. The average molecular weight is 587 g/mol. The quantitative estimate of drug-likeness (QED) is 0.240. The van der Waals surface area contributed by atoms with Gasteiger partial charge in [-0.25, -0.2) is 8.42 Å². The predicted octanol–water partition coefficient (Wildman–Crippen LogP) is 4.78. The summed E-state index contributed by atoms with van der Waals surface area (Å²) < 4.78 is 28.3. The molecule has 0 aliphatic carbocycles. The highest BCUT2D eigenvalue weighted by atomic mass is 35.5. The molecule has 2 atom stereocenters. The summed E-state index contributed by atoms with van der Waals surface area (Å²) in [4.78, 5) is 38.9. The van der Waals surface area contributed by atoms with E-state index in [2.05, 4.69) is 5.32 Å². The van der Waals surface area contributed by atoms with Crippen molar-refractivity contribution in [3.05, 3.63) is 99.6 Å². The molecular weight excluding hydrogens is 556 g/mol. The first-order valence-corrected chi connectivity index (χ1v) is 14.4. The zero-order chi connectivity index (χ0) is 29.4. The molecule has 0 unspecified atom stereocenters. The number of rotatable bonds is 12. The third kappa shape index (κ3) is 7.36. The number of non-ortho nitro benzene ring substituents is 1. The van der Waals surface area contributed by atoms with Crippen LogP contribution in [0.5, 0.6) is 0 Å². The molecule has 0 radical (unpaired) electrons. The van der Waals surface area contributed by atoms with Crippen molar-refractivity contribution in [1.29, 1.82) is 0 Å². The van der Waals surface area contributed by atoms with Crippen molar-refractivity contribution in [2.24, 2.45) is 0 Å². The van der Waals surface area contributed by atoms with Crippen LogP contribution in [-0.4, -0.2) is 48.7 Å². The van der Waals surface area contributed by atoms with Crippen molar-refractivity contribution in [2.45, 2.75) is 50.7 Å². The summed E-state index contributed by atoms with van der Waals surface area (Å²) in [5.74, 6) is -1.11. The molecule has 0 aliphatic heterocycles. The normalized spacial score (nSPS) is 12.7. The largest absolute Gasteiger partial charge is 0.352 e. The van der Waals surface area contributed by atoms with E-state index in [4.69, 9.17) is 11.6 Å². The number of amides is 2. The van der Waals surface area contributed by atoms with E-state index in [0.29, 0.717) is 17.0 Å². The molecule has 212 valence electrons. The fourth-order valence-electron chi connectivity index (χ4n) is 3.87. The Morgan fingerprint density at radius 3 is 2.27 bits per heavy atom. The number of hydrogen-bond donors (Lipinski definition) is 1. The van der Waals surface area contributed by atoms with Crippen LogP contribution >= 0.6 is 11.6 Å². The maximum absolute atomic E-state index is 13.9. The molecule has 0 aromatic heterocycles. The highest BCUT2D eigenvalue weighted by Crippen LogP contribution is 2.28. The molecule has 10 nitrogen and oxygen atoms in total. The van der Waals surface area contributed by atoms with E-state index in [1.54, 1.807) is 37.3 Å². The van der Waals surface area contributed by atoms with Crippen LogP contribution in [0.15, 0.2) is 83.8 Å². The minimum atomic E-state index is -4.34. The van der Waals surface area contributed by atoms with Gasteiger partial charge in [0.15, 0.2) is 0 Å². The number of anilines is 1. The number of nitro benzene ring substituents is 1. The van der Waals surface area contributed by atoms with E-state index >= 15 is 0 Å². The van der Waals surface area contributed by atoms with Gasteiger partial charge in [0.25, 0.3) is 15.7 Å². The molecule has 40 heavy (non-hydrogen) atoms. The molecule has 0 heterocycles. The Morgan fingerprint density at radius 1 is 1.00 bits per heavy atom. The van der Waals surface area contributed by atoms with Gasteiger partial charge < -0.3 is 10.2 Å². The summed E-state index contributed by atoms with van der Waals surface area (Å²) in [5.41, 5.74) is 0.154. The predicted molar refractivity (Wildman–Crippen MR) is 153 cm³/mol. The van der Waals surface area contributed by atoms with Crippen LogP contribution in [0.1, 0.15) is 32.8 Å². The number of nitro groups is 1. The van der Waals surface area contributed by atoms with Crippen LogP contribution in [0, 0.1) is 10.1 Å². The smallest absolute Gasteiger partial charge is 0.271 e. The standard InChI is InChI=1S/C28H31ClN4O6S/c1-4-20(2)30-28(35)21(3)31(18-22-11-8-9-16-26(22)29)27(34)19-32(23-12-10-13-24(17-23)33(36)37)40(38,39)25-14-6-5-7-15-25/h5-17,20-21H,4,18-19H2,1-3H3,(H,30,35)/t20-,21+/m1/s1. The Hall–Kier alpha value is -3.96. The molecule has 0 fully saturated rings. The van der Waals surface area contributed by atoms with Gasteiger partial charge in [-0.2, -0.15) is 0 Å². The number of nitrogens with zero attached hydrogens (tertiary/aromatic N) is 3. The fourth-order valence-corrected chi connectivity index (χ4v) is 5.49. The monoisotopic (exact) mass is 586 g/mol. The zero-order valence-electron chi connectivity index (χ0n) is 22.4. The van der Waals surface area contributed by atoms with Gasteiger partial charge in [0.1, 0.15) is 12.6 Å². The van der Waals surface area contributed by atoms with E-state index in [1.807, 2.05) is 13.8 Å². The highest BCUT2D eigenvalue weighted by molar-refractivity contribution is 7.92. The van der Waals surface area contributed by atoms with Gasteiger partial charge in [-0.1, -0.05) is 61.0 Å². The lowest BCUT2D eigenvalue weighted by Crippen LogP contribution is -2.52. The Balaban J connectivity index is 2.07. The van der Waals surface area contributed by atoms with E-state index in [-0.39, 0.29) is 28.9 Å². The van der Waals surface area contributed by atoms with Crippen LogP contribution < -0.4 is 9.62 Å². The molecule has 0 aliphatic rings. The lowest BCUT2D eigenvalue weighted by Gasteiger charge is -2.32. The van der Waals surface area contributed by atoms with Gasteiger partial charge in [0, 0.05) is 29.7 Å². The Labute approximate surface area is 238 Å². The van der Waals surface area contributed by atoms with Gasteiger partial charge in [-0.3, -0.25) is 24.0 Å². The Bertz CT molecular complexity index is 1470. The second kappa shape index (κ2) is 13.4. The summed E-state index contributed by atoms with van der Waals surface area (Å²) in [5, 5.41) is 14.7. The molecule has 0 bridgehead atoms. The van der Waals surface area contributed by atoms with Crippen molar-refractivity contribution < 1.29 is 22.9 Å². The van der Waals surface area contributed by atoms with Gasteiger partial charge in [0.2, 0.25) is 11.8 Å². The number of benzene rings is 3. The average Bonchev–Trinajstić information content (AvgIpc) is 2.95. The minimum Gasteiger partial charge on any atom is -0.352 e. The first-order chi connectivity index (χ1) is 18.9. The summed E-state index contributed by atoms with van der Waals surface area (Å²) in [6.45, 7) is 4.51. The summed E-state index contributed by atoms with van der Waals surface area (Å²) in [7, 11) is -4.34. The maximum Gasteiger partial charge on any atom is 0.271 e. The Kier molecular flexibility index (Phi) is 10.2. The molecule has 0 saturated carbocycles. The first-order valence-electron chi connectivity index (χ1n) is 12.6. The van der Waals surface area contributed by atoms with Gasteiger partial charge in [0.05, 0.1) is 15.5 Å². The third-order valence-corrected chi connectivity index (χ3v) is 8.56. The molecule has 3 rings (SSSR count). The van der Waals surface area contributed by atoms with E-state index in [9.17, 15) is 28.1 Å². The number of carbonyl (C=O) groups is 2. The topological polar surface area (TPSA) is 130 Å². The van der Waals surface area contributed by atoms with Crippen LogP contribution in [0.25, 0.3) is 0 Å². The molecule has 3 aromatic carbocycles. The molecule has 0 saturated heterocycles. The molecule has 0 spiro atoms. The van der Waals surface area contributed by atoms with Crippen molar-refractivity contribution in [3.8, 4) is 0 Å². The van der Waals surface area contributed by atoms with Crippen molar-refractivity contribution >= 4 is 44.8 Å². The highest BCUT2D eigenvalue weighted by Gasteiger charge is 2.33. The lowest BCUT2D eigenvalue weighted by atomic mass is 10.1. The number of sulfonamides is 1. The van der Waals surface area contributed by atoms with Crippen LogP contribution in [-0.2, 0) is 26.2 Å². The number of halogens is 1. The maximum atomic E-state index is 13.9. The van der Waals surface area contributed by atoms with Gasteiger partial charge >= 0.3 is 0 Å². The van der Waals surface area contributed by atoms with Crippen LogP contribution in [0.4, 0.5) is 11.4 Å². The van der Waals surface area contributed by atoms with Crippen LogP contribution in [0.3, 0.4) is 0 Å². The van der Waals surface area contributed by atoms with Gasteiger partial charge in [-0.15, -0.1) is 0 Å².